The standard InChI is InChI=1S/C16H21NO3S/c18-15(13-2-1-3-14-12(13)8-9-21-14)17-11-6-4-10(5-7-11)16(19)20/h8-11,13H,1-7H2,(H,17,18)(H,19,20). The number of hydrogen-bond donors (Lipinski definition) is 2. The lowest BCUT2D eigenvalue weighted by Gasteiger charge is -2.29. The van der Waals surface area contributed by atoms with Gasteiger partial charge in [0.15, 0.2) is 0 Å². The Labute approximate surface area is 128 Å². The van der Waals surface area contributed by atoms with Gasteiger partial charge >= 0.3 is 5.97 Å². The van der Waals surface area contributed by atoms with Crippen molar-refractivity contribution in [3.8, 4) is 0 Å². The molecule has 2 N–H and O–H groups in total. The zero-order valence-corrected chi connectivity index (χ0v) is 12.8. The zero-order valence-electron chi connectivity index (χ0n) is 12.0. The molecule has 1 fully saturated rings. The van der Waals surface area contributed by atoms with Crippen LogP contribution in [0.1, 0.15) is 54.9 Å². The molecule has 0 aromatic carbocycles. The van der Waals surface area contributed by atoms with Gasteiger partial charge in [-0.25, -0.2) is 0 Å². The van der Waals surface area contributed by atoms with Crippen LogP contribution in [0.5, 0.6) is 0 Å². The van der Waals surface area contributed by atoms with Crippen molar-refractivity contribution < 1.29 is 14.7 Å². The Morgan fingerprint density at radius 2 is 1.95 bits per heavy atom. The van der Waals surface area contributed by atoms with Gasteiger partial charge in [-0.15, -0.1) is 11.3 Å². The Morgan fingerprint density at radius 3 is 2.67 bits per heavy atom. The molecule has 0 saturated heterocycles. The van der Waals surface area contributed by atoms with Crippen molar-refractivity contribution in [1.29, 1.82) is 0 Å². The number of carboxylic acids is 1. The average molecular weight is 307 g/mol. The van der Waals surface area contributed by atoms with E-state index in [0.717, 1.165) is 32.1 Å². The maximum absolute atomic E-state index is 12.5. The molecule has 0 bridgehead atoms. The first-order valence-corrected chi connectivity index (χ1v) is 8.62. The summed E-state index contributed by atoms with van der Waals surface area (Å²) in [6.07, 6.45) is 6.03. The Bertz CT molecular complexity index is 531. The van der Waals surface area contributed by atoms with Crippen molar-refractivity contribution in [2.45, 2.75) is 56.9 Å². The highest BCUT2D eigenvalue weighted by atomic mass is 32.1. The van der Waals surface area contributed by atoms with Gasteiger partial charge in [-0.3, -0.25) is 9.59 Å². The number of carbonyl (C=O) groups excluding carboxylic acids is 1. The van der Waals surface area contributed by atoms with E-state index in [0.29, 0.717) is 12.8 Å². The number of thiophene rings is 1. The molecule has 0 aliphatic heterocycles. The molecule has 1 unspecified atom stereocenters. The lowest BCUT2D eigenvalue weighted by molar-refractivity contribution is -0.142. The average Bonchev–Trinajstić information content (AvgIpc) is 2.96. The molecular formula is C16H21NO3S. The lowest BCUT2D eigenvalue weighted by atomic mass is 9.84. The lowest BCUT2D eigenvalue weighted by Crippen LogP contribution is -2.41. The molecule has 2 aliphatic rings. The maximum Gasteiger partial charge on any atom is 0.306 e. The highest BCUT2D eigenvalue weighted by Crippen LogP contribution is 2.35. The second-order valence-corrected chi connectivity index (χ2v) is 7.14. The predicted molar refractivity (Wildman–Crippen MR) is 81.5 cm³/mol. The molecule has 1 saturated carbocycles. The van der Waals surface area contributed by atoms with Gasteiger partial charge < -0.3 is 10.4 Å². The van der Waals surface area contributed by atoms with E-state index in [1.54, 1.807) is 11.3 Å². The minimum absolute atomic E-state index is 0.00260. The molecule has 1 atom stereocenters. The summed E-state index contributed by atoms with van der Waals surface area (Å²) in [5.74, 6) is -0.795. The summed E-state index contributed by atoms with van der Waals surface area (Å²) in [6, 6.07) is 2.24. The number of fused-ring (bicyclic) bond motifs is 1. The van der Waals surface area contributed by atoms with Crippen LogP contribution in [0, 0.1) is 5.92 Å². The van der Waals surface area contributed by atoms with Crippen molar-refractivity contribution in [2.75, 3.05) is 0 Å². The van der Waals surface area contributed by atoms with E-state index in [1.165, 1.54) is 10.4 Å². The van der Waals surface area contributed by atoms with Crippen LogP contribution in [0.3, 0.4) is 0 Å². The van der Waals surface area contributed by atoms with Crippen molar-refractivity contribution in [2.24, 2.45) is 5.92 Å². The molecule has 3 rings (SSSR count). The van der Waals surface area contributed by atoms with E-state index in [-0.39, 0.29) is 23.8 Å². The SMILES string of the molecule is O=C(O)C1CCC(NC(=O)C2CCCc3sccc32)CC1. The number of aryl methyl sites for hydroxylation is 1. The van der Waals surface area contributed by atoms with Gasteiger partial charge in [-0.2, -0.15) is 0 Å². The summed E-state index contributed by atoms with van der Waals surface area (Å²) in [6.45, 7) is 0. The number of hydrogen-bond acceptors (Lipinski definition) is 3. The highest BCUT2D eigenvalue weighted by Gasteiger charge is 2.31. The normalized spacial score (nSPS) is 28.7. The second-order valence-electron chi connectivity index (χ2n) is 6.14. The number of carbonyl (C=O) groups is 2. The third-order valence-electron chi connectivity index (χ3n) is 4.79. The monoisotopic (exact) mass is 307 g/mol. The number of amides is 1. The van der Waals surface area contributed by atoms with Crippen LogP contribution in [0.25, 0.3) is 0 Å². The molecule has 4 nitrogen and oxygen atoms in total. The Hall–Kier alpha value is -1.36. The summed E-state index contributed by atoms with van der Waals surface area (Å²) in [4.78, 5) is 24.8. The van der Waals surface area contributed by atoms with E-state index in [9.17, 15) is 9.59 Å². The Morgan fingerprint density at radius 1 is 1.19 bits per heavy atom. The smallest absolute Gasteiger partial charge is 0.306 e. The molecule has 114 valence electrons. The number of nitrogens with one attached hydrogen (secondary N) is 1. The van der Waals surface area contributed by atoms with Gasteiger partial charge in [0.1, 0.15) is 0 Å². The van der Waals surface area contributed by atoms with Crippen LogP contribution in [0.15, 0.2) is 11.4 Å². The largest absolute Gasteiger partial charge is 0.481 e. The second kappa shape index (κ2) is 6.18. The third kappa shape index (κ3) is 3.12. The maximum atomic E-state index is 12.5. The number of aliphatic carboxylic acids is 1. The fraction of sp³-hybridized carbons (Fsp3) is 0.625. The topological polar surface area (TPSA) is 66.4 Å². The molecule has 5 heteroatoms. The minimum atomic E-state index is -0.699. The fourth-order valence-corrected chi connectivity index (χ4v) is 4.53. The third-order valence-corrected chi connectivity index (χ3v) is 5.79. The van der Waals surface area contributed by atoms with Crippen molar-refractivity contribution in [3.63, 3.8) is 0 Å². The molecule has 1 aromatic rings. The summed E-state index contributed by atoms with van der Waals surface area (Å²) in [5, 5.41) is 14.2. The predicted octanol–water partition coefficient (Wildman–Crippen LogP) is 2.93. The van der Waals surface area contributed by atoms with Gasteiger partial charge in [0.25, 0.3) is 0 Å². The number of carboxylic acid groups (broad SMARTS) is 1. The molecule has 2 aliphatic carbocycles. The minimum Gasteiger partial charge on any atom is -0.481 e. The molecule has 0 spiro atoms. The summed E-state index contributed by atoms with van der Waals surface area (Å²) in [5.41, 5.74) is 1.21. The first kappa shape index (κ1) is 14.6. The molecule has 1 amide bonds. The molecule has 1 aromatic heterocycles. The van der Waals surface area contributed by atoms with Gasteiger partial charge in [0.05, 0.1) is 11.8 Å². The Kier molecular flexibility index (Phi) is 4.29. The van der Waals surface area contributed by atoms with Gasteiger partial charge in [-0.1, -0.05) is 0 Å². The highest BCUT2D eigenvalue weighted by molar-refractivity contribution is 7.10. The van der Waals surface area contributed by atoms with Crippen molar-refractivity contribution >= 4 is 23.2 Å². The van der Waals surface area contributed by atoms with Crippen LogP contribution in [-0.4, -0.2) is 23.0 Å². The zero-order chi connectivity index (χ0) is 14.8. The van der Waals surface area contributed by atoms with Crippen molar-refractivity contribution in [1.82, 2.24) is 5.32 Å². The summed E-state index contributed by atoms with van der Waals surface area (Å²) < 4.78 is 0. The Balaban J connectivity index is 1.57. The van der Waals surface area contributed by atoms with Crippen LogP contribution in [-0.2, 0) is 16.0 Å². The van der Waals surface area contributed by atoms with E-state index >= 15 is 0 Å². The van der Waals surface area contributed by atoms with E-state index in [2.05, 4.69) is 16.8 Å². The van der Waals surface area contributed by atoms with Crippen molar-refractivity contribution in [3.05, 3.63) is 21.9 Å². The summed E-state index contributed by atoms with van der Waals surface area (Å²) >= 11 is 1.75. The van der Waals surface area contributed by atoms with Gasteiger partial charge in [-0.05, 0) is 62.0 Å². The molecule has 0 radical (unpaired) electrons. The van der Waals surface area contributed by atoms with E-state index in [4.69, 9.17) is 5.11 Å². The van der Waals surface area contributed by atoms with E-state index in [1.807, 2.05) is 0 Å². The fourth-order valence-electron chi connectivity index (χ4n) is 3.55. The quantitative estimate of drug-likeness (QED) is 0.902. The molecule has 1 heterocycles. The van der Waals surface area contributed by atoms with E-state index < -0.39 is 5.97 Å². The van der Waals surface area contributed by atoms with Crippen LogP contribution in [0.2, 0.25) is 0 Å². The van der Waals surface area contributed by atoms with Crippen LogP contribution < -0.4 is 5.32 Å². The first-order chi connectivity index (χ1) is 10.1. The van der Waals surface area contributed by atoms with Gasteiger partial charge in [0, 0.05) is 10.9 Å². The summed E-state index contributed by atoms with van der Waals surface area (Å²) in [7, 11) is 0. The molecular weight excluding hydrogens is 286 g/mol. The number of rotatable bonds is 3. The van der Waals surface area contributed by atoms with Gasteiger partial charge in [0.2, 0.25) is 5.91 Å². The van der Waals surface area contributed by atoms with Crippen LogP contribution in [0.4, 0.5) is 0 Å². The van der Waals surface area contributed by atoms with Crippen LogP contribution >= 0.6 is 11.3 Å². The molecule has 21 heavy (non-hydrogen) atoms. The first-order valence-electron chi connectivity index (χ1n) is 7.74.